The van der Waals surface area contributed by atoms with Crippen LogP contribution in [0.5, 0.6) is 5.75 Å². The first kappa shape index (κ1) is 14.9. The molecule has 0 amide bonds. The number of nitrogens with zero attached hydrogens (tertiary/aromatic N) is 1. The molecule has 0 radical (unpaired) electrons. The Morgan fingerprint density at radius 3 is 2.76 bits per heavy atom. The van der Waals surface area contributed by atoms with Gasteiger partial charge in [0.25, 0.3) is 0 Å². The summed E-state index contributed by atoms with van der Waals surface area (Å²) >= 11 is 0. The van der Waals surface area contributed by atoms with Crippen LogP contribution in [0.3, 0.4) is 0 Å². The van der Waals surface area contributed by atoms with Crippen molar-refractivity contribution in [2.45, 2.75) is 44.6 Å². The normalized spacial score (nSPS) is 20.8. The van der Waals surface area contributed by atoms with Crippen molar-refractivity contribution in [2.75, 3.05) is 32.8 Å². The molecule has 1 aliphatic heterocycles. The lowest BCUT2D eigenvalue weighted by Crippen LogP contribution is -2.36. The first-order chi connectivity index (χ1) is 10.4. The Morgan fingerprint density at radius 1 is 1.14 bits per heavy atom. The van der Waals surface area contributed by atoms with Crippen molar-refractivity contribution in [1.82, 2.24) is 4.90 Å². The van der Waals surface area contributed by atoms with Crippen LogP contribution in [-0.2, 0) is 11.2 Å². The highest BCUT2D eigenvalue weighted by Gasteiger charge is 2.16. The van der Waals surface area contributed by atoms with Crippen LogP contribution in [0.2, 0.25) is 0 Å². The van der Waals surface area contributed by atoms with Crippen LogP contribution in [0.4, 0.5) is 0 Å². The summed E-state index contributed by atoms with van der Waals surface area (Å²) in [5, 5.41) is 0. The van der Waals surface area contributed by atoms with E-state index in [4.69, 9.17) is 9.47 Å². The van der Waals surface area contributed by atoms with E-state index in [2.05, 4.69) is 29.2 Å². The summed E-state index contributed by atoms with van der Waals surface area (Å²) in [6, 6.07) is 8.69. The lowest BCUT2D eigenvalue weighted by Gasteiger charge is -2.26. The molecule has 1 saturated heterocycles. The molecule has 0 bridgehead atoms. The Bertz CT molecular complexity index is 423. The molecule has 21 heavy (non-hydrogen) atoms. The molecule has 3 heteroatoms. The topological polar surface area (TPSA) is 21.7 Å². The number of hydrogen-bond acceptors (Lipinski definition) is 3. The van der Waals surface area contributed by atoms with Crippen LogP contribution in [0.1, 0.15) is 37.7 Å². The van der Waals surface area contributed by atoms with Gasteiger partial charge < -0.3 is 9.47 Å². The molecule has 1 aromatic carbocycles. The molecule has 116 valence electrons. The maximum atomic E-state index is 6.09. The Morgan fingerprint density at radius 2 is 1.95 bits per heavy atom. The molecule has 0 spiro atoms. The summed E-state index contributed by atoms with van der Waals surface area (Å²) < 4.78 is 11.5. The summed E-state index contributed by atoms with van der Waals surface area (Å²) in [4.78, 5) is 2.50. The van der Waals surface area contributed by atoms with E-state index in [1.165, 1.54) is 44.2 Å². The molecule has 2 aliphatic rings. The second kappa shape index (κ2) is 7.81. The maximum absolute atomic E-state index is 6.09. The standard InChI is InChI=1S/C18H27NO2/c1-2-8-17(7-1)21-18-9-3-5-16(15-18)6-4-10-19-11-13-20-14-12-19/h3,5,9,15,17H,1-2,4,6-8,10-14H2. The zero-order valence-electron chi connectivity index (χ0n) is 12.9. The van der Waals surface area contributed by atoms with Crippen molar-refractivity contribution < 1.29 is 9.47 Å². The van der Waals surface area contributed by atoms with Crippen LogP contribution in [-0.4, -0.2) is 43.9 Å². The molecule has 0 aromatic heterocycles. The molecule has 1 aliphatic carbocycles. The molecule has 1 aromatic rings. The summed E-state index contributed by atoms with van der Waals surface area (Å²) in [6.07, 6.45) is 7.90. The highest BCUT2D eigenvalue weighted by molar-refractivity contribution is 5.28. The Kier molecular flexibility index (Phi) is 5.53. The fourth-order valence-electron chi connectivity index (χ4n) is 3.30. The van der Waals surface area contributed by atoms with Crippen LogP contribution in [0.15, 0.2) is 24.3 Å². The summed E-state index contributed by atoms with van der Waals surface area (Å²) in [5.41, 5.74) is 1.40. The molecule has 1 saturated carbocycles. The quantitative estimate of drug-likeness (QED) is 0.802. The number of rotatable bonds is 6. The van der Waals surface area contributed by atoms with Gasteiger partial charge in [-0.2, -0.15) is 0 Å². The second-order valence-electron chi connectivity index (χ2n) is 6.23. The fourth-order valence-corrected chi connectivity index (χ4v) is 3.30. The van der Waals surface area contributed by atoms with Crippen molar-refractivity contribution in [1.29, 1.82) is 0 Å². The largest absolute Gasteiger partial charge is 0.490 e. The minimum Gasteiger partial charge on any atom is -0.490 e. The van der Waals surface area contributed by atoms with Gasteiger partial charge in [0.2, 0.25) is 0 Å². The predicted molar refractivity (Wildman–Crippen MR) is 84.9 cm³/mol. The van der Waals surface area contributed by atoms with Crippen molar-refractivity contribution in [2.24, 2.45) is 0 Å². The lowest BCUT2D eigenvalue weighted by atomic mass is 10.1. The monoisotopic (exact) mass is 289 g/mol. The smallest absolute Gasteiger partial charge is 0.119 e. The van der Waals surface area contributed by atoms with Crippen LogP contribution in [0, 0.1) is 0 Å². The molecule has 3 rings (SSSR count). The van der Waals surface area contributed by atoms with E-state index in [1.54, 1.807) is 0 Å². The zero-order chi connectivity index (χ0) is 14.3. The van der Waals surface area contributed by atoms with Crippen molar-refractivity contribution in [3.05, 3.63) is 29.8 Å². The summed E-state index contributed by atoms with van der Waals surface area (Å²) in [5.74, 6) is 1.06. The minimum absolute atomic E-state index is 0.452. The molecule has 2 fully saturated rings. The third-order valence-corrected chi connectivity index (χ3v) is 4.55. The van der Waals surface area contributed by atoms with Gasteiger partial charge in [-0.1, -0.05) is 12.1 Å². The third kappa shape index (κ3) is 4.72. The van der Waals surface area contributed by atoms with Gasteiger partial charge in [0, 0.05) is 13.1 Å². The van der Waals surface area contributed by atoms with Crippen LogP contribution < -0.4 is 4.74 Å². The first-order valence-electron chi connectivity index (χ1n) is 8.46. The van der Waals surface area contributed by atoms with Gasteiger partial charge >= 0.3 is 0 Å². The fraction of sp³-hybridized carbons (Fsp3) is 0.667. The minimum atomic E-state index is 0.452. The van der Waals surface area contributed by atoms with Crippen molar-refractivity contribution >= 4 is 0 Å². The van der Waals surface area contributed by atoms with Gasteiger partial charge in [-0.05, 0) is 62.8 Å². The number of aryl methyl sites for hydroxylation is 1. The van der Waals surface area contributed by atoms with Crippen LogP contribution >= 0.6 is 0 Å². The number of hydrogen-bond donors (Lipinski definition) is 0. The van der Waals surface area contributed by atoms with E-state index in [0.717, 1.165) is 38.5 Å². The molecular formula is C18H27NO2. The molecule has 0 N–H and O–H groups in total. The Balaban J connectivity index is 1.44. The van der Waals surface area contributed by atoms with E-state index < -0.39 is 0 Å². The van der Waals surface area contributed by atoms with Gasteiger partial charge in [0.05, 0.1) is 19.3 Å². The van der Waals surface area contributed by atoms with Gasteiger partial charge in [0.1, 0.15) is 5.75 Å². The van der Waals surface area contributed by atoms with Crippen molar-refractivity contribution in [3.8, 4) is 5.75 Å². The number of morpholine rings is 1. The maximum Gasteiger partial charge on any atom is 0.119 e. The van der Waals surface area contributed by atoms with Gasteiger partial charge in [-0.25, -0.2) is 0 Å². The van der Waals surface area contributed by atoms with Gasteiger partial charge in [-0.3, -0.25) is 4.90 Å². The van der Waals surface area contributed by atoms with Gasteiger partial charge in [-0.15, -0.1) is 0 Å². The molecule has 0 unspecified atom stereocenters. The van der Waals surface area contributed by atoms with E-state index in [-0.39, 0.29) is 0 Å². The van der Waals surface area contributed by atoms with Gasteiger partial charge in [0.15, 0.2) is 0 Å². The molecule has 3 nitrogen and oxygen atoms in total. The SMILES string of the molecule is c1cc(CCCN2CCOCC2)cc(OC2CCCC2)c1. The highest BCUT2D eigenvalue weighted by atomic mass is 16.5. The van der Waals surface area contributed by atoms with E-state index in [1.807, 2.05) is 0 Å². The zero-order valence-corrected chi connectivity index (χ0v) is 12.9. The van der Waals surface area contributed by atoms with E-state index >= 15 is 0 Å². The Hall–Kier alpha value is -1.06. The Labute approximate surface area is 128 Å². The lowest BCUT2D eigenvalue weighted by molar-refractivity contribution is 0.0374. The summed E-state index contributed by atoms with van der Waals surface area (Å²) in [6.45, 7) is 5.14. The first-order valence-corrected chi connectivity index (χ1v) is 8.46. The average molecular weight is 289 g/mol. The van der Waals surface area contributed by atoms with Crippen LogP contribution in [0.25, 0.3) is 0 Å². The molecular weight excluding hydrogens is 262 g/mol. The van der Waals surface area contributed by atoms with Crippen molar-refractivity contribution in [3.63, 3.8) is 0 Å². The number of benzene rings is 1. The number of ether oxygens (including phenoxy) is 2. The third-order valence-electron chi connectivity index (χ3n) is 4.55. The highest BCUT2D eigenvalue weighted by Crippen LogP contribution is 2.24. The van der Waals surface area contributed by atoms with E-state index in [9.17, 15) is 0 Å². The van der Waals surface area contributed by atoms with E-state index in [0.29, 0.717) is 6.10 Å². The molecule has 1 heterocycles. The predicted octanol–water partition coefficient (Wildman–Crippen LogP) is 3.27. The summed E-state index contributed by atoms with van der Waals surface area (Å²) in [7, 11) is 0. The average Bonchev–Trinajstić information content (AvgIpc) is 3.02. The second-order valence-corrected chi connectivity index (χ2v) is 6.23. The molecule has 0 atom stereocenters.